The van der Waals surface area contributed by atoms with E-state index in [0.717, 1.165) is 5.82 Å². The van der Waals surface area contributed by atoms with Crippen molar-refractivity contribution in [3.63, 3.8) is 0 Å². The fraction of sp³-hybridized carbons (Fsp3) is 0.556. The highest BCUT2D eigenvalue weighted by Gasteiger charge is 2.00. The molecule has 0 atom stereocenters. The normalized spacial score (nSPS) is 11.2. The van der Waals surface area contributed by atoms with E-state index in [9.17, 15) is 0 Å². The van der Waals surface area contributed by atoms with Crippen LogP contribution >= 0.6 is 0 Å². The fourth-order valence-corrected chi connectivity index (χ4v) is 1.22. The van der Waals surface area contributed by atoms with Crippen LogP contribution in [-0.2, 0) is 4.74 Å². The number of ether oxygens (including phenoxy) is 1. The standard InChI is InChI=1S/C9H14N6O/c1-7(2)16-6-5-10-8-3-4-9-11-13-14-15(9)12-8/h3-4,7H,5-6H2,1-2H3,(H,10,12). The maximum Gasteiger partial charge on any atom is 0.200 e. The maximum absolute atomic E-state index is 5.40. The number of nitrogens with one attached hydrogen (secondary N) is 1. The van der Waals surface area contributed by atoms with E-state index in [1.165, 1.54) is 4.63 Å². The summed E-state index contributed by atoms with van der Waals surface area (Å²) in [5.41, 5.74) is 0.629. The van der Waals surface area contributed by atoms with Crippen molar-refractivity contribution in [3.8, 4) is 0 Å². The largest absolute Gasteiger partial charge is 0.377 e. The van der Waals surface area contributed by atoms with Gasteiger partial charge in [-0.3, -0.25) is 0 Å². The Morgan fingerprint density at radius 3 is 3.12 bits per heavy atom. The summed E-state index contributed by atoms with van der Waals surface area (Å²) in [4.78, 5) is 0. The molecule has 0 fully saturated rings. The van der Waals surface area contributed by atoms with Gasteiger partial charge in [0, 0.05) is 6.54 Å². The molecule has 2 heterocycles. The topological polar surface area (TPSA) is 77.2 Å². The summed E-state index contributed by atoms with van der Waals surface area (Å²) in [5, 5.41) is 18.3. The van der Waals surface area contributed by atoms with Gasteiger partial charge in [0.25, 0.3) is 0 Å². The van der Waals surface area contributed by atoms with Gasteiger partial charge >= 0.3 is 0 Å². The maximum atomic E-state index is 5.40. The van der Waals surface area contributed by atoms with E-state index in [4.69, 9.17) is 4.74 Å². The van der Waals surface area contributed by atoms with Crippen LogP contribution in [0.4, 0.5) is 5.82 Å². The first kappa shape index (κ1) is 10.7. The predicted molar refractivity (Wildman–Crippen MR) is 58.2 cm³/mol. The van der Waals surface area contributed by atoms with Crippen molar-refractivity contribution in [3.05, 3.63) is 12.1 Å². The van der Waals surface area contributed by atoms with Crippen molar-refractivity contribution in [1.29, 1.82) is 0 Å². The Morgan fingerprint density at radius 2 is 2.31 bits per heavy atom. The van der Waals surface area contributed by atoms with Crippen LogP contribution < -0.4 is 5.32 Å². The van der Waals surface area contributed by atoms with Crippen molar-refractivity contribution >= 4 is 11.5 Å². The van der Waals surface area contributed by atoms with Gasteiger partial charge in [-0.1, -0.05) is 0 Å². The predicted octanol–water partition coefficient (Wildman–Crippen LogP) is 0.356. The van der Waals surface area contributed by atoms with Crippen molar-refractivity contribution in [2.24, 2.45) is 0 Å². The minimum absolute atomic E-state index is 0.247. The van der Waals surface area contributed by atoms with Gasteiger partial charge < -0.3 is 10.1 Å². The van der Waals surface area contributed by atoms with Gasteiger partial charge in [0.1, 0.15) is 5.82 Å². The van der Waals surface area contributed by atoms with E-state index >= 15 is 0 Å². The van der Waals surface area contributed by atoms with Crippen molar-refractivity contribution in [2.45, 2.75) is 20.0 Å². The van der Waals surface area contributed by atoms with E-state index in [0.29, 0.717) is 18.8 Å². The molecule has 0 aromatic carbocycles. The molecule has 16 heavy (non-hydrogen) atoms. The molecule has 0 radical (unpaired) electrons. The molecule has 2 aromatic rings. The lowest BCUT2D eigenvalue weighted by molar-refractivity contribution is 0.0870. The molecule has 0 unspecified atom stereocenters. The van der Waals surface area contributed by atoms with Gasteiger partial charge in [0.15, 0.2) is 5.65 Å². The Hall–Kier alpha value is -1.76. The molecule has 0 spiro atoms. The summed E-state index contributed by atoms with van der Waals surface area (Å²) < 4.78 is 6.78. The van der Waals surface area contributed by atoms with Crippen LogP contribution in [0.1, 0.15) is 13.8 Å². The summed E-state index contributed by atoms with van der Waals surface area (Å²) in [6, 6.07) is 3.64. The molecule has 0 bridgehead atoms. The molecule has 86 valence electrons. The average Bonchev–Trinajstić information content (AvgIpc) is 2.71. The lowest BCUT2D eigenvalue weighted by Gasteiger charge is -2.08. The number of rotatable bonds is 5. The third-order valence-corrected chi connectivity index (χ3v) is 1.93. The first-order valence-corrected chi connectivity index (χ1v) is 5.16. The van der Waals surface area contributed by atoms with Crippen LogP contribution in [0.3, 0.4) is 0 Å². The zero-order chi connectivity index (χ0) is 11.4. The van der Waals surface area contributed by atoms with Gasteiger partial charge in [-0.15, -0.1) is 14.8 Å². The molecular weight excluding hydrogens is 208 g/mol. The zero-order valence-corrected chi connectivity index (χ0v) is 9.29. The van der Waals surface area contributed by atoms with E-state index in [2.05, 4.69) is 25.9 Å². The first-order valence-electron chi connectivity index (χ1n) is 5.16. The minimum atomic E-state index is 0.247. The van der Waals surface area contributed by atoms with Gasteiger partial charge in [0.2, 0.25) is 0 Å². The van der Waals surface area contributed by atoms with E-state index in [1.54, 1.807) is 6.07 Å². The van der Waals surface area contributed by atoms with Crippen LogP contribution in [0.15, 0.2) is 12.1 Å². The lowest BCUT2D eigenvalue weighted by Crippen LogP contribution is -2.14. The highest BCUT2D eigenvalue weighted by molar-refractivity contribution is 5.41. The van der Waals surface area contributed by atoms with Crippen molar-refractivity contribution in [1.82, 2.24) is 25.3 Å². The highest BCUT2D eigenvalue weighted by atomic mass is 16.5. The van der Waals surface area contributed by atoms with Crippen LogP contribution in [0.2, 0.25) is 0 Å². The molecule has 0 saturated carbocycles. The van der Waals surface area contributed by atoms with Gasteiger partial charge in [-0.2, -0.15) is 0 Å². The molecule has 2 rings (SSSR count). The van der Waals surface area contributed by atoms with Gasteiger partial charge in [-0.25, -0.2) is 0 Å². The van der Waals surface area contributed by atoms with E-state index in [1.807, 2.05) is 19.9 Å². The average molecular weight is 222 g/mol. The SMILES string of the molecule is CC(C)OCCNc1ccc2nnnn2n1. The molecule has 0 aliphatic heterocycles. The smallest absolute Gasteiger partial charge is 0.200 e. The Morgan fingerprint density at radius 1 is 1.44 bits per heavy atom. The number of nitrogens with zero attached hydrogens (tertiary/aromatic N) is 5. The Labute approximate surface area is 92.8 Å². The van der Waals surface area contributed by atoms with Crippen LogP contribution in [0, 0.1) is 0 Å². The second-order valence-electron chi connectivity index (χ2n) is 3.59. The first-order chi connectivity index (χ1) is 7.75. The van der Waals surface area contributed by atoms with Crippen LogP contribution in [0.5, 0.6) is 0 Å². The Balaban J connectivity index is 1.89. The minimum Gasteiger partial charge on any atom is -0.377 e. The third-order valence-electron chi connectivity index (χ3n) is 1.93. The molecule has 0 saturated heterocycles. The summed E-state index contributed by atoms with van der Waals surface area (Å²) >= 11 is 0. The summed E-state index contributed by atoms with van der Waals surface area (Å²) in [7, 11) is 0. The second kappa shape index (κ2) is 4.84. The molecular formula is C9H14N6O. The highest BCUT2D eigenvalue weighted by Crippen LogP contribution is 2.02. The number of fused-ring (bicyclic) bond motifs is 1. The molecule has 7 heteroatoms. The Kier molecular flexibility index (Phi) is 3.25. The third kappa shape index (κ3) is 2.63. The molecule has 0 aliphatic carbocycles. The summed E-state index contributed by atoms with van der Waals surface area (Å²) in [5.74, 6) is 0.729. The fourth-order valence-electron chi connectivity index (χ4n) is 1.22. The molecule has 0 amide bonds. The molecule has 0 aliphatic rings. The van der Waals surface area contributed by atoms with Crippen molar-refractivity contribution < 1.29 is 4.74 Å². The Bertz CT molecular complexity index is 454. The molecule has 7 nitrogen and oxygen atoms in total. The van der Waals surface area contributed by atoms with E-state index in [-0.39, 0.29) is 6.10 Å². The van der Waals surface area contributed by atoms with Crippen molar-refractivity contribution in [2.75, 3.05) is 18.5 Å². The van der Waals surface area contributed by atoms with Crippen LogP contribution in [-0.4, -0.2) is 44.5 Å². The number of anilines is 1. The molecule has 1 N–H and O–H groups in total. The van der Waals surface area contributed by atoms with Crippen LogP contribution in [0.25, 0.3) is 5.65 Å². The van der Waals surface area contributed by atoms with Gasteiger partial charge in [-0.05, 0) is 36.4 Å². The second-order valence-corrected chi connectivity index (χ2v) is 3.59. The number of hydrogen-bond donors (Lipinski definition) is 1. The monoisotopic (exact) mass is 222 g/mol. The zero-order valence-electron chi connectivity index (χ0n) is 9.29. The summed E-state index contributed by atoms with van der Waals surface area (Å²) in [6.07, 6.45) is 0.247. The lowest BCUT2D eigenvalue weighted by atomic mass is 10.5. The van der Waals surface area contributed by atoms with E-state index < -0.39 is 0 Å². The summed E-state index contributed by atoms with van der Waals surface area (Å²) in [6.45, 7) is 5.36. The molecule has 2 aromatic heterocycles. The number of tetrazole rings is 1. The van der Waals surface area contributed by atoms with Gasteiger partial charge in [0.05, 0.1) is 12.7 Å². The quantitative estimate of drug-likeness (QED) is 0.736. The number of hydrogen-bond acceptors (Lipinski definition) is 6. The number of aromatic nitrogens is 5.